The molecule has 3 nitrogen and oxygen atoms in total. The first-order chi connectivity index (χ1) is 9.72. The zero-order valence-corrected chi connectivity index (χ0v) is 11.1. The first-order valence-corrected chi connectivity index (χ1v) is 6.41. The average molecular weight is 266 g/mol. The van der Waals surface area contributed by atoms with Crippen LogP contribution in [-0.2, 0) is 0 Å². The van der Waals surface area contributed by atoms with Gasteiger partial charge in [0.2, 0.25) is 6.79 Å². The SMILES string of the molecule is Cc1ccc(C(=O)/C=C/c2ccc3c(c2)OCO3)cc1. The van der Waals surface area contributed by atoms with E-state index < -0.39 is 0 Å². The number of benzene rings is 2. The van der Waals surface area contributed by atoms with E-state index in [0.717, 1.165) is 22.6 Å². The van der Waals surface area contributed by atoms with Crippen molar-refractivity contribution in [3.8, 4) is 11.5 Å². The number of aryl methyl sites for hydroxylation is 1. The first kappa shape index (κ1) is 12.5. The fraction of sp³-hybridized carbons (Fsp3) is 0.118. The van der Waals surface area contributed by atoms with E-state index >= 15 is 0 Å². The monoisotopic (exact) mass is 266 g/mol. The van der Waals surface area contributed by atoms with Gasteiger partial charge in [0.25, 0.3) is 0 Å². The predicted octanol–water partition coefficient (Wildman–Crippen LogP) is 3.62. The lowest BCUT2D eigenvalue weighted by atomic mass is 10.1. The molecular formula is C17H14O3. The number of carbonyl (C=O) groups excluding carboxylic acids is 1. The lowest BCUT2D eigenvalue weighted by molar-refractivity contribution is 0.104. The van der Waals surface area contributed by atoms with Crippen molar-refractivity contribution < 1.29 is 14.3 Å². The van der Waals surface area contributed by atoms with Crippen LogP contribution in [0.2, 0.25) is 0 Å². The van der Waals surface area contributed by atoms with Gasteiger partial charge in [0.05, 0.1) is 0 Å². The summed E-state index contributed by atoms with van der Waals surface area (Å²) in [7, 11) is 0. The molecule has 2 aromatic carbocycles. The van der Waals surface area contributed by atoms with Gasteiger partial charge >= 0.3 is 0 Å². The Balaban J connectivity index is 1.76. The third-order valence-corrected chi connectivity index (χ3v) is 3.16. The molecule has 0 unspecified atom stereocenters. The highest BCUT2D eigenvalue weighted by Gasteiger charge is 2.12. The zero-order valence-electron chi connectivity index (χ0n) is 11.1. The van der Waals surface area contributed by atoms with Crippen LogP contribution < -0.4 is 9.47 Å². The van der Waals surface area contributed by atoms with E-state index in [1.807, 2.05) is 49.4 Å². The molecule has 0 saturated heterocycles. The number of hydrogen-bond acceptors (Lipinski definition) is 3. The van der Waals surface area contributed by atoms with E-state index in [1.54, 1.807) is 12.2 Å². The molecule has 1 aliphatic rings. The Hall–Kier alpha value is -2.55. The lowest BCUT2D eigenvalue weighted by Gasteiger charge is -1.98. The maximum Gasteiger partial charge on any atom is 0.231 e. The van der Waals surface area contributed by atoms with Gasteiger partial charge in [0.15, 0.2) is 17.3 Å². The van der Waals surface area contributed by atoms with Gasteiger partial charge in [-0.25, -0.2) is 0 Å². The summed E-state index contributed by atoms with van der Waals surface area (Å²) in [5, 5.41) is 0. The predicted molar refractivity (Wildman–Crippen MR) is 77.1 cm³/mol. The largest absolute Gasteiger partial charge is 0.454 e. The van der Waals surface area contributed by atoms with Crippen molar-refractivity contribution in [1.29, 1.82) is 0 Å². The van der Waals surface area contributed by atoms with Gasteiger partial charge in [-0.15, -0.1) is 0 Å². The van der Waals surface area contributed by atoms with Crippen LogP contribution in [0.15, 0.2) is 48.5 Å². The average Bonchev–Trinajstić information content (AvgIpc) is 2.93. The van der Waals surface area contributed by atoms with Crippen molar-refractivity contribution in [2.45, 2.75) is 6.92 Å². The third-order valence-electron chi connectivity index (χ3n) is 3.16. The Bertz CT molecular complexity index is 669. The van der Waals surface area contributed by atoms with Crippen LogP contribution in [-0.4, -0.2) is 12.6 Å². The number of ether oxygens (including phenoxy) is 2. The van der Waals surface area contributed by atoms with Gasteiger partial charge in [-0.2, -0.15) is 0 Å². The summed E-state index contributed by atoms with van der Waals surface area (Å²) in [6, 6.07) is 13.1. The van der Waals surface area contributed by atoms with Crippen molar-refractivity contribution in [2.75, 3.05) is 6.79 Å². The Morgan fingerprint density at radius 1 is 1.05 bits per heavy atom. The van der Waals surface area contributed by atoms with Gasteiger partial charge < -0.3 is 9.47 Å². The smallest absolute Gasteiger partial charge is 0.231 e. The van der Waals surface area contributed by atoms with Crippen LogP contribution in [0.3, 0.4) is 0 Å². The van der Waals surface area contributed by atoms with Gasteiger partial charge in [-0.1, -0.05) is 42.0 Å². The molecule has 0 radical (unpaired) electrons. The Morgan fingerprint density at radius 2 is 1.80 bits per heavy atom. The number of carbonyl (C=O) groups is 1. The Kier molecular flexibility index (Phi) is 3.25. The molecular weight excluding hydrogens is 252 g/mol. The minimum atomic E-state index is -0.0114. The molecule has 0 amide bonds. The molecule has 20 heavy (non-hydrogen) atoms. The number of rotatable bonds is 3. The van der Waals surface area contributed by atoms with E-state index in [2.05, 4.69) is 0 Å². The van der Waals surface area contributed by atoms with Crippen LogP contribution in [0, 0.1) is 6.92 Å². The van der Waals surface area contributed by atoms with Gasteiger partial charge in [-0.05, 0) is 30.7 Å². The van der Waals surface area contributed by atoms with E-state index in [0.29, 0.717) is 5.56 Å². The molecule has 0 aromatic heterocycles. The number of hydrogen-bond donors (Lipinski definition) is 0. The van der Waals surface area contributed by atoms with Gasteiger partial charge in [0.1, 0.15) is 0 Å². The summed E-state index contributed by atoms with van der Waals surface area (Å²) in [5.74, 6) is 1.45. The van der Waals surface area contributed by atoms with Gasteiger partial charge in [0, 0.05) is 5.56 Å². The van der Waals surface area contributed by atoms with Crippen LogP contribution in [0.4, 0.5) is 0 Å². The minimum absolute atomic E-state index is 0.0114. The third kappa shape index (κ3) is 2.57. The number of fused-ring (bicyclic) bond motifs is 1. The second-order valence-electron chi connectivity index (χ2n) is 4.68. The Morgan fingerprint density at radius 3 is 2.60 bits per heavy atom. The summed E-state index contributed by atoms with van der Waals surface area (Å²) < 4.78 is 10.5. The summed E-state index contributed by atoms with van der Waals surface area (Å²) in [6.45, 7) is 2.25. The van der Waals surface area contributed by atoms with Crippen molar-refractivity contribution in [3.05, 3.63) is 65.2 Å². The van der Waals surface area contributed by atoms with E-state index in [4.69, 9.17) is 9.47 Å². The molecule has 0 saturated carbocycles. The highest BCUT2D eigenvalue weighted by atomic mass is 16.7. The highest BCUT2D eigenvalue weighted by Crippen LogP contribution is 2.32. The standard InChI is InChI=1S/C17H14O3/c1-12-2-6-14(7-3-12)15(18)8-4-13-5-9-16-17(10-13)20-11-19-16/h2-10H,11H2,1H3/b8-4+. The molecule has 0 fully saturated rings. The normalized spacial score (nSPS) is 12.8. The summed E-state index contributed by atoms with van der Waals surface area (Å²) in [6.07, 6.45) is 3.35. The minimum Gasteiger partial charge on any atom is -0.454 e. The van der Waals surface area contributed by atoms with E-state index in [-0.39, 0.29) is 12.6 Å². The quantitative estimate of drug-likeness (QED) is 0.628. The van der Waals surface area contributed by atoms with Crippen molar-refractivity contribution in [2.24, 2.45) is 0 Å². The fourth-order valence-electron chi connectivity index (χ4n) is 2.00. The molecule has 3 heteroatoms. The van der Waals surface area contributed by atoms with Crippen LogP contribution in [0.5, 0.6) is 11.5 Å². The molecule has 0 bridgehead atoms. The maximum absolute atomic E-state index is 12.0. The lowest BCUT2D eigenvalue weighted by Crippen LogP contribution is -1.93. The second-order valence-corrected chi connectivity index (χ2v) is 4.68. The van der Waals surface area contributed by atoms with Crippen molar-refractivity contribution in [3.63, 3.8) is 0 Å². The molecule has 1 aliphatic heterocycles. The molecule has 100 valence electrons. The molecule has 0 N–H and O–H groups in total. The Labute approximate surface area is 117 Å². The topological polar surface area (TPSA) is 35.5 Å². The van der Waals surface area contributed by atoms with E-state index in [1.165, 1.54) is 0 Å². The van der Waals surface area contributed by atoms with Crippen LogP contribution >= 0.6 is 0 Å². The van der Waals surface area contributed by atoms with Crippen LogP contribution in [0.25, 0.3) is 6.08 Å². The van der Waals surface area contributed by atoms with Crippen molar-refractivity contribution in [1.82, 2.24) is 0 Å². The second kappa shape index (κ2) is 5.21. The first-order valence-electron chi connectivity index (χ1n) is 6.41. The summed E-state index contributed by atoms with van der Waals surface area (Å²) in [5.41, 5.74) is 2.74. The van der Waals surface area contributed by atoms with Gasteiger partial charge in [-0.3, -0.25) is 4.79 Å². The molecule has 1 heterocycles. The highest BCUT2D eigenvalue weighted by molar-refractivity contribution is 6.06. The van der Waals surface area contributed by atoms with Crippen molar-refractivity contribution >= 4 is 11.9 Å². The van der Waals surface area contributed by atoms with Crippen LogP contribution in [0.1, 0.15) is 21.5 Å². The molecule has 0 aliphatic carbocycles. The molecule has 3 rings (SSSR count). The van der Waals surface area contributed by atoms with E-state index in [9.17, 15) is 4.79 Å². The zero-order chi connectivity index (χ0) is 13.9. The summed E-state index contributed by atoms with van der Waals surface area (Å²) in [4.78, 5) is 12.0. The number of allylic oxidation sites excluding steroid dienone is 1. The maximum atomic E-state index is 12.0. The molecule has 0 spiro atoms. The molecule has 0 atom stereocenters. The number of ketones is 1. The summed E-state index contributed by atoms with van der Waals surface area (Å²) >= 11 is 0. The fourth-order valence-corrected chi connectivity index (χ4v) is 2.00. The molecule has 2 aromatic rings.